The van der Waals surface area contributed by atoms with Gasteiger partial charge in [0.2, 0.25) is 5.95 Å². The molecule has 0 unspecified atom stereocenters. The molecule has 0 radical (unpaired) electrons. The molecule has 1 amide bonds. The second-order valence-corrected chi connectivity index (χ2v) is 9.98. The number of fused-ring (bicyclic) bond motifs is 1. The predicted molar refractivity (Wildman–Crippen MR) is 135 cm³/mol. The number of rotatable bonds is 5. The molecule has 5 nitrogen and oxygen atoms in total. The predicted octanol–water partition coefficient (Wildman–Crippen LogP) is 6.96. The number of alkyl halides is 3. The lowest BCUT2D eigenvalue weighted by Gasteiger charge is -2.28. The number of hydrogen-bond acceptors (Lipinski definition) is 3. The molecule has 2 aliphatic rings. The molecule has 0 bridgehead atoms. The number of halogens is 3. The van der Waals surface area contributed by atoms with Crippen LogP contribution in [0.25, 0.3) is 11.0 Å². The first kappa shape index (κ1) is 24.6. The molecular formula is C28H31F3N4O. The van der Waals surface area contributed by atoms with Crippen LogP contribution in [-0.4, -0.2) is 33.4 Å². The summed E-state index contributed by atoms with van der Waals surface area (Å²) in [6.07, 6.45) is 2.77. The molecule has 2 fully saturated rings. The minimum atomic E-state index is -4.52. The second-order valence-electron chi connectivity index (χ2n) is 9.98. The van der Waals surface area contributed by atoms with Crippen molar-refractivity contribution in [2.75, 3.05) is 18.4 Å². The van der Waals surface area contributed by atoms with E-state index in [1.165, 1.54) is 42.5 Å². The largest absolute Gasteiger partial charge is 0.416 e. The summed E-state index contributed by atoms with van der Waals surface area (Å²) in [7, 11) is 0. The van der Waals surface area contributed by atoms with Gasteiger partial charge >= 0.3 is 6.18 Å². The Kier molecular flexibility index (Phi) is 6.88. The molecule has 0 spiro atoms. The molecule has 1 saturated heterocycles. The van der Waals surface area contributed by atoms with Gasteiger partial charge in [0.25, 0.3) is 5.91 Å². The Balaban J connectivity index is 1.48. The zero-order chi connectivity index (χ0) is 25.3. The van der Waals surface area contributed by atoms with Gasteiger partial charge in [0.05, 0.1) is 16.6 Å². The lowest BCUT2D eigenvalue weighted by atomic mass is 9.91. The van der Waals surface area contributed by atoms with Crippen LogP contribution in [0.3, 0.4) is 0 Å². The van der Waals surface area contributed by atoms with Gasteiger partial charge in [0.1, 0.15) is 0 Å². The van der Waals surface area contributed by atoms with Crippen molar-refractivity contribution >= 4 is 22.9 Å². The highest BCUT2D eigenvalue weighted by atomic mass is 19.4. The number of likely N-dealkylation sites (tertiary alicyclic amines) is 1. The van der Waals surface area contributed by atoms with Gasteiger partial charge in [0, 0.05) is 18.2 Å². The Labute approximate surface area is 209 Å². The normalized spacial score (nSPS) is 18.0. The maximum Gasteiger partial charge on any atom is 0.416 e. The van der Waals surface area contributed by atoms with E-state index in [1.54, 1.807) is 0 Å². The summed E-state index contributed by atoms with van der Waals surface area (Å²) < 4.78 is 41.6. The van der Waals surface area contributed by atoms with Crippen LogP contribution in [-0.2, 0) is 12.7 Å². The third-order valence-corrected chi connectivity index (χ3v) is 7.31. The third-order valence-electron chi connectivity index (χ3n) is 7.31. The van der Waals surface area contributed by atoms with E-state index in [9.17, 15) is 18.0 Å². The Hall–Kier alpha value is -3.13. The summed E-state index contributed by atoms with van der Waals surface area (Å²) >= 11 is 0. The molecule has 1 aliphatic carbocycles. The first-order valence-corrected chi connectivity index (χ1v) is 12.7. The second kappa shape index (κ2) is 10.1. The standard InChI is InChI=1S/C28H31F3N4O/c1-19-8-11-23(12-9-19)35-25-16-20(18-34-14-3-2-4-15-34)10-13-24(25)32-27(35)33-26(36)21-6-5-7-22(17-21)28(29,30)31/h5-7,10,13,16-17,23H,1-4,8-9,11-12,14-15,18H2,(H,32,33,36). The van der Waals surface area contributed by atoms with E-state index in [4.69, 9.17) is 4.98 Å². The van der Waals surface area contributed by atoms with Crippen molar-refractivity contribution in [1.29, 1.82) is 0 Å². The smallest absolute Gasteiger partial charge is 0.307 e. The van der Waals surface area contributed by atoms with E-state index in [0.29, 0.717) is 5.95 Å². The van der Waals surface area contributed by atoms with E-state index in [-0.39, 0.29) is 11.6 Å². The minimum absolute atomic E-state index is 0.0498. The van der Waals surface area contributed by atoms with Crippen LogP contribution >= 0.6 is 0 Å². The number of amides is 1. The van der Waals surface area contributed by atoms with Crippen molar-refractivity contribution < 1.29 is 18.0 Å². The SMILES string of the molecule is C=C1CCC(n2c(NC(=O)c3cccc(C(F)(F)F)c3)nc3ccc(CN4CCCCC4)cc32)CC1. The van der Waals surface area contributed by atoms with Crippen molar-refractivity contribution in [2.45, 2.75) is 63.7 Å². The van der Waals surface area contributed by atoms with Gasteiger partial charge in [-0.25, -0.2) is 4.98 Å². The van der Waals surface area contributed by atoms with Gasteiger partial charge in [-0.2, -0.15) is 13.2 Å². The van der Waals surface area contributed by atoms with E-state index in [1.807, 2.05) is 6.07 Å². The average molecular weight is 497 g/mol. The van der Waals surface area contributed by atoms with Crippen LogP contribution in [0.5, 0.6) is 0 Å². The molecule has 1 aromatic heterocycles. The maximum atomic E-state index is 13.2. The summed E-state index contributed by atoms with van der Waals surface area (Å²) in [5.41, 5.74) is 3.23. The summed E-state index contributed by atoms with van der Waals surface area (Å²) in [6, 6.07) is 10.8. The number of aromatic nitrogens is 2. The number of piperidine rings is 1. The fraction of sp³-hybridized carbons (Fsp3) is 0.429. The van der Waals surface area contributed by atoms with Gasteiger partial charge in [-0.05, 0) is 87.5 Å². The number of imidazole rings is 1. The summed E-state index contributed by atoms with van der Waals surface area (Å²) in [5, 5.41) is 2.82. The topological polar surface area (TPSA) is 50.2 Å². The van der Waals surface area contributed by atoms with Crippen LogP contribution in [0.15, 0.2) is 54.6 Å². The fourth-order valence-corrected chi connectivity index (χ4v) is 5.35. The monoisotopic (exact) mass is 496 g/mol. The Morgan fingerprint density at radius 3 is 2.53 bits per heavy atom. The van der Waals surface area contributed by atoms with Crippen LogP contribution in [0.1, 0.15) is 72.5 Å². The zero-order valence-corrected chi connectivity index (χ0v) is 20.3. The number of allylic oxidation sites excluding steroid dienone is 1. The van der Waals surface area contributed by atoms with E-state index in [0.717, 1.165) is 68.5 Å². The number of carbonyl (C=O) groups is 1. The van der Waals surface area contributed by atoms with Gasteiger partial charge in [-0.3, -0.25) is 15.0 Å². The number of anilines is 1. The minimum Gasteiger partial charge on any atom is -0.307 e. The number of benzene rings is 2. The van der Waals surface area contributed by atoms with Gasteiger partial charge in [0.15, 0.2) is 0 Å². The summed E-state index contributed by atoms with van der Waals surface area (Å²) in [4.78, 5) is 20.2. The van der Waals surface area contributed by atoms with Gasteiger partial charge in [-0.1, -0.05) is 30.7 Å². The number of nitrogens with one attached hydrogen (secondary N) is 1. The number of nitrogens with zero attached hydrogens (tertiary/aromatic N) is 3. The molecule has 1 saturated carbocycles. The third kappa shape index (κ3) is 5.33. The maximum absolute atomic E-state index is 13.2. The first-order chi connectivity index (χ1) is 17.3. The lowest BCUT2D eigenvalue weighted by Crippen LogP contribution is -2.29. The first-order valence-electron chi connectivity index (χ1n) is 12.7. The van der Waals surface area contributed by atoms with Crippen molar-refractivity contribution in [1.82, 2.24) is 14.5 Å². The van der Waals surface area contributed by atoms with E-state index >= 15 is 0 Å². The number of carbonyl (C=O) groups excluding carboxylic acids is 1. The van der Waals surface area contributed by atoms with Crippen LogP contribution in [0.2, 0.25) is 0 Å². The Bertz CT molecular complexity index is 1260. The molecule has 1 N–H and O–H groups in total. The molecule has 190 valence electrons. The lowest BCUT2D eigenvalue weighted by molar-refractivity contribution is -0.137. The Morgan fingerprint density at radius 1 is 1.06 bits per heavy atom. The Morgan fingerprint density at radius 2 is 1.81 bits per heavy atom. The quantitative estimate of drug-likeness (QED) is 0.388. The van der Waals surface area contributed by atoms with Crippen molar-refractivity contribution in [2.24, 2.45) is 0 Å². The molecule has 2 aromatic carbocycles. The fourth-order valence-electron chi connectivity index (χ4n) is 5.35. The van der Waals surface area contributed by atoms with Crippen molar-refractivity contribution in [3.63, 3.8) is 0 Å². The zero-order valence-electron chi connectivity index (χ0n) is 20.3. The summed E-state index contributed by atoms with van der Waals surface area (Å²) in [6.45, 7) is 7.18. The molecule has 0 atom stereocenters. The van der Waals surface area contributed by atoms with E-state index in [2.05, 4.69) is 33.5 Å². The molecule has 36 heavy (non-hydrogen) atoms. The molecule has 8 heteroatoms. The van der Waals surface area contributed by atoms with Gasteiger partial charge in [-0.15, -0.1) is 0 Å². The highest BCUT2D eigenvalue weighted by molar-refractivity contribution is 6.04. The van der Waals surface area contributed by atoms with Crippen molar-refractivity contribution in [3.05, 3.63) is 71.3 Å². The highest BCUT2D eigenvalue weighted by Crippen LogP contribution is 2.36. The molecule has 3 aromatic rings. The van der Waals surface area contributed by atoms with Crippen LogP contribution < -0.4 is 5.32 Å². The highest BCUT2D eigenvalue weighted by Gasteiger charge is 2.31. The van der Waals surface area contributed by atoms with Crippen molar-refractivity contribution in [3.8, 4) is 0 Å². The van der Waals surface area contributed by atoms with E-state index < -0.39 is 17.6 Å². The van der Waals surface area contributed by atoms with Gasteiger partial charge < -0.3 is 4.57 Å². The molecule has 1 aliphatic heterocycles. The average Bonchev–Trinajstić information content (AvgIpc) is 3.22. The molecule has 2 heterocycles. The summed E-state index contributed by atoms with van der Waals surface area (Å²) in [5.74, 6) is -0.230. The molecular weight excluding hydrogens is 465 g/mol. The van der Waals surface area contributed by atoms with Crippen LogP contribution in [0, 0.1) is 0 Å². The number of hydrogen-bond donors (Lipinski definition) is 1. The molecule has 5 rings (SSSR count). The van der Waals surface area contributed by atoms with Crippen LogP contribution in [0.4, 0.5) is 19.1 Å².